The van der Waals surface area contributed by atoms with Crippen LogP contribution < -0.4 is 10.1 Å². The Bertz CT molecular complexity index is 715. The van der Waals surface area contributed by atoms with E-state index in [1.807, 2.05) is 43.5 Å². The van der Waals surface area contributed by atoms with Crippen LogP contribution in [-0.4, -0.2) is 29.1 Å². The maximum atomic E-state index is 12.0. The van der Waals surface area contributed by atoms with Crippen LogP contribution in [0.3, 0.4) is 0 Å². The number of hydrogen-bond donors (Lipinski definition) is 2. The molecule has 0 saturated carbocycles. The van der Waals surface area contributed by atoms with Crippen molar-refractivity contribution in [2.45, 2.75) is 27.3 Å². The molecular formula is C15H21N3O2S. The fourth-order valence-electron chi connectivity index (χ4n) is 2.39. The molecule has 1 heterocycles. The summed E-state index contributed by atoms with van der Waals surface area (Å²) in [5.74, 6) is 0.761. The highest BCUT2D eigenvalue weighted by Crippen LogP contribution is 2.28. The number of amides is 1. The van der Waals surface area contributed by atoms with Crippen molar-refractivity contribution in [2.24, 2.45) is 5.41 Å². The SMILES string of the molecule is CCOc1cccc2c1[nH]c(=S)n2CC(C)(C)C(=O)NC. The molecule has 2 rings (SSSR count). The summed E-state index contributed by atoms with van der Waals surface area (Å²) >= 11 is 5.41. The molecule has 0 radical (unpaired) electrons. The lowest BCUT2D eigenvalue weighted by Gasteiger charge is -2.23. The molecular weight excluding hydrogens is 286 g/mol. The number of carbonyl (C=O) groups excluding carboxylic acids is 1. The number of rotatable bonds is 5. The number of nitrogens with zero attached hydrogens (tertiary/aromatic N) is 1. The summed E-state index contributed by atoms with van der Waals surface area (Å²) in [6.45, 7) is 6.84. The third kappa shape index (κ3) is 2.95. The van der Waals surface area contributed by atoms with Gasteiger partial charge >= 0.3 is 0 Å². The number of nitrogens with one attached hydrogen (secondary N) is 2. The third-order valence-corrected chi connectivity index (χ3v) is 3.79. The quantitative estimate of drug-likeness (QED) is 0.835. The molecule has 0 atom stereocenters. The van der Waals surface area contributed by atoms with Crippen molar-refractivity contribution < 1.29 is 9.53 Å². The van der Waals surface area contributed by atoms with Crippen LogP contribution in [-0.2, 0) is 11.3 Å². The third-order valence-electron chi connectivity index (χ3n) is 3.47. The fraction of sp³-hybridized carbons (Fsp3) is 0.467. The van der Waals surface area contributed by atoms with Crippen molar-refractivity contribution in [3.8, 4) is 5.75 Å². The number of benzene rings is 1. The van der Waals surface area contributed by atoms with E-state index in [0.717, 1.165) is 16.8 Å². The lowest BCUT2D eigenvalue weighted by Crippen LogP contribution is -2.37. The molecule has 21 heavy (non-hydrogen) atoms. The van der Waals surface area contributed by atoms with Crippen LogP contribution in [0.15, 0.2) is 18.2 Å². The van der Waals surface area contributed by atoms with E-state index in [2.05, 4.69) is 10.3 Å². The molecule has 1 amide bonds. The van der Waals surface area contributed by atoms with Crippen LogP contribution in [0.4, 0.5) is 0 Å². The molecule has 0 spiro atoms. The minimum absolute atomic E-state index is 0.0142. The number of para-hydroxylation sites is 1. The zero-order chi connectivity index (χ0) is 15.6. The average molecular weight is 307 g/mol. The van der Waals surface area contributed by atoms with Gasteiger partial charge < -0.3 is 19.6 Å². The monoisotopic (exact) mass is 307 g/mol. The minimum Gasteiger partial charge on any atom is -0.492 e. The molecule has 0 aliphatic heterocycles. The number of hydrogen-bond acceptors (Lipinski definition) is 3. The van der Waals surface area contributed by atoms with E-state index < -0.39 is 5.41 Å². The molecule has 114 valence electrons. The van der Waals surface area contributed by atoms with Gasteiger partial charge in [-0.1, -0.05) is 6.07 Å². The highest BCUT2D eigenvalue weighted by atomic mass is 32.1. The van der Waals surface area contributed by atoms with E-state index in [9.17, 15) is 4.79 Å². The Kier molecular flexibility index (Phi) is 4.37. The predicted octanol–water partition coefficient (Wildman–Crippen LogP) is 2.87. The van der Waals surface area contributed by atoms with Gasteiger partial charge in [-0.05, 0) is 45.1 Å². The summed E-state index contributed by atoms with van der Waals surface area (Å²) in [4.78, 5) is 15.2. The Labute approximate surface area is 129 Å². The summed E-state index contributed by atoms with van der Waals surface area (Å²) in [5, 5.41) is 2.70. The van der Waals surface area contributed by atoms with Gasteiger partial charge in [0.15, 0.2) is 4.77 Å². The number of ether oxygens (including phenoxy) is 1. The second kappa shape index (κ2) is 5.89. The Morgan fingerprint density at radius 1 is 1.48 bits per heavy atom. The maximum absolute atomic E-state index is 12.0. The lowest BCUT2D eigenvalue weighted by atomic mass is 9.92. The maximum Gasteiger partial charge on any atom is 0.227 e. The number of imidazole rings is 1. The molecule has 6 heteroatoms. The normalized spacial score (nSPS) is 11.6. The van der Waals surface area contributed by atoms with Crippen LogP contribution in [0.25, 0.3) is 11.0 Å². The first kappa shape index (κ1) is 15.6. The van der Waals surface area contributed by atoms with Gasteiger partial charge in [0, 0.05) is 13.6 Å². The van der Waals surface area contributed by atoms with Crippen LogP contribution in [0.5, 0.6) is 5.75 Å². The van der Waals surface area contributed by atoms with Crippen molar-refractivity contribution in [3.63, 3.8) is 0 Å². The molecule has 0 saturated heterocycles. The second-order valence-corrected chi connectivity index (χ2v) is 5.95. The first-order chi connectivity index (χ1) is 9.90. The Morgan fingerprint density at radius 2 is 2.19 bits per heavy atom. The number of aromatic amines is 1. The zero-order valence-electron chi connectivity index (χ0n) is 12.8. The number of aromatic nitrogens is 2. The Hall–Kier alpha value is -1.82. The summed E-state index contributed by atoms with van der Waals surface area (Å²) in [5.41, 5.74) is 1.27. The number of H-pyrrole nitrogens is 1. The Morgan fingerprint density at radius 3 is 2.81 bits per heavy atom. The van der Waals surface area contributed by atoms with E-state index in [-0.39, 0.29) is 5.91 Å². The highest BCUT2D eigenvalue weighted by molar-refractivity contribution is 7.71. The van der Waals surface area contributed by atoms with Gasteiger partial charge in [-0.15, -0.1) is 0 Å². The summed E-state index contributed by atoms with van der Waals surface area (Å²) in [6.07, 6.45) is 0. The van der Waals surface area contributed by atoms with Crippen LogP contribution in [0.2, 0.25) is 0 Å². The molecule has 5 nitrogen and oxygen atoms in total. The van der Waals surface area contributed by atoms with Gasteiger partial charge in [-0.3, -0.25) is 4.79 Å². The fourth-order valence-corrected chi connectivity index (χ4v) is 2.66. The van der Waals surface area contributed by atoms with Crippen LogP contribution >= 0.6 is 12.2 Å². The topological polar surface area (TPSA) is 59.0 Å². The first-order valence-corrected chi connectivity index (χ1v) is 7.38. The summed E-state index contributed by atoms with van der Waals surface area (Å²) in [7, 11) is 1.64. The Balaban J connectivity index is 2.50. The van der Waals surface area contributed by atoms with Crippen molar-refractivity contribution in [1.29, 1.82) is 0 Å². The van der Waals surface area contributed by atoms with Crippen molar-refractivity contribution in [3.05, 3.63) is 23.0 Å². The lowest BCUT2D eigenvalue weighted by molar-refractivity contribution is -0.129. The largest absolute Gasteiger partial charge is 0.492 e. The van der Waals surface area contributed by atoms with Gasteiger partial charge in [0.1, 0.15) is 11.3 Å². The van der Waals surface area contributed by atoms with E-state index in [4.69, 9.17) is 17.0 Å². The molecule has 1 aromatic heterocycles. The van der Waals surface area contributed by atoms with Gasteiger partial charge in [0.2, 0.25) is 5.91 Å². The smallest absolute Gasteiger partial charge is 0.227 e. The second-order valence-electron chi connectivity index (χ2n) is 5.56. The predicted molar refractivity (Wildman–Crippen MR) is 86.1 cm³/mol. The van der Waals surface area contributed by atoms with Crippen LogP contribution in [0, 0.1) is 10.2 Å². The van der Waals surface area contributed by atoms with Gasteiger partial charge in [0.25, 0.3) is 0 Å². The van der Waals surface area contributed by atoms with E-state index in [0.29, 0.717) is 17.9 Å². The number of fused-ring (bicyclic) bond motifs is 1. The highest BCUT2D eigenvalue weighted by Gasteiger charge is 2.28. The zero-order valence-corrected chi connectivity index (χ0v) is 13.6. The van der Waals surface area contributed by atoms with Crippen molar-refractivity contribution in [2.75, 3.05) is 13.7 Å². The van der Waals surface area contributed by atoms with Crippen LogP contribution in [0.1, 0.15) is 20.8 Å². The number of carbonyl (C=O) groups is 1. The standard InChI is InChI=1S/C15H21N3O2S/c1-5-20-11-8-6-7-10-12(11)17-14(21)18(10)9-15(2,3)13(19)16-4/h6-8H,5,9H2,1-4H3,(H,16,19)(H,17,21). The molecule has 2 aromatic rings. The van der Waals surface area contributed by atoms with E-state index in [1.165, 1.54) is 0 Å². The van der Waals surface area contributed by atoms with E-state index >= 15 is 0 Å². The van der Waals surface area contributed by atoms with Gasteiger partial charge in [-0.2, -0.15) is 0 Å². The first-order valence-electron chi connectivity index (χ1n) is 6.97. The molecule has 0 unspecified atom stereocenters. The molecule has 0 aliphatic carbocycles. The van der Waals surface area contributed by atoms with Crippen molar-refractivity contribution >= 4 is 29.2 Å². The van der Waals surface area contributed by atoms with Crippen molar-refractivity contribution in [1.82, 2.24) is 14.9 Å². The molecule has 0 aliphatic rings. The van der Waals surface area contributed by atoms with Gasteiger partial charge in [0.05, 0.1) is 17.5 Å². The molecule has 2 N–H and O–H groups in total. The molecule has 0 fully saturated rings. The minimum atomic E-state index is -0.552. The van der Waals surface area contributed by atoms with E-state index in [1.54, 1.807) is 7.05 Å². The average Bonchev–Trinajstić information content (AvgIpc) is 2.75. The molecule has 0 bridgehead atoms. The molecule has 1 aromatic carbocycles. The summed E-state index contributed by atoms with van der Waals surface area (Å²) in [6, 6.07) is 5.81. The summed E-state index contributed by atoms with van der Waals surface area (Å²) < 4.78 is 8.15. The van der Waals surface area contributed by atoms with Gasteiger partial charge in [-0.25, -0.2) is 0 Å².